The summed E-state index contributed by atoms with van der Waals surface area (Å²) in [4.78, 5) is 36.7. The number of hydrogen-bond acceptors (Lipinski definition) is 10. The number of amides is 2. The molecular formula is C33H42N6O6. The fourth-order valence-electron chi connectivity index (χ4n) is 5.61. The minimum absolute atomic E-state index is 0.00365. The molecular weight excluding hydrogens is 576 g/mol. The highest BCUT2D eigenvalue weighted by Crippen LogP contribution is 2.38. The van der Waals surface area contributed by atoms with E-state index in [9.17, 15) is 14.7 Å². The van der Waals surface area contributed by atoms with Gasteiger partial charge in [0.25, 0.3) is 0 Å². The minimum Gasteiger partial charge on any atom is -0.392 e. The summed E-state index contributed by atoms with van der Waals surface area (Å²) in [6.45, 7) is 4.64. The molecule has 0 saturated carbocycles. The first kappa shape index (κ1) is 32.5. The number of nitrogens with zero attached hydrogens (tertiary/aromatic N) is 4. The lowest BCUT2D eigenvalue weighted by molar-refractivity contribution is -0.253. The zero-order valence-electron chi connectivity index (χ0n) is 25.4. The van der Waals surface area contributed by atoms with Crippen molar-refractivity contribution in [2.45, 2.75) is 63.8 Å². The lowest BCUT2D eigenvalue weighted by Gasteiger charge is -2.40. The van der Waals surface area contributed by atoms with Crippen molar-refractivity contribution in [2.75, 3.05) is 37.6 Å². The number of carbonyl (C=O) groups excluding carboxylic acids is 2. The summed E-state index contributed by atoms with van der Waals surface area (Å²) in [5.41, 5.74) is 5.36. The van der Waals surface area contributed by atoms with E-state index in [1.54, 1.807) is 17.9 Å². The second-order valence-electron chi connectivity index (χ2n) is 11.4. The number of aliphatic hydroxyl groups is 1. The van der Waals surface area contributed by atoms with Crippen molar-refractivity contribution in [1.82, 2.24) is 25.7 Å². The first-order valence-electron chi connectivity index (χ1n) is 15.5. The summed E-state index contributed by atoms with van der Waals surface area (Å²) in [6.07, 6.45) is 5.09. The van der Waals surface area contributed by atoms with Crippen LogP contribution in [0.4, 0.5) is 5.95 Å². The molecule has 0 radical (unpaired) electrons. The van der Waals surface area contributed by atoms with Crippen molar-refractivity contribution in [1.29, 1.82) is 0 Å². The molecule has 5 rings (SSSR count). The van der Waals surface area contributed by atoms with Crippen molar-refractivity contribution >= 4 is 17.8 Å². The molecule has 0 aliphatic carbocycles. The number of nitrogens with one attached hydrogen (secondary N) is 2. The summed E-state index contributed by atoms with van der Waals surface area (Å²) < 4.78 is 13.0. The number of aromatic nitrogens is 2. The van der Waals surface area contributed by atoms with Crippen LogP contribution in [0.2, 0.25) is 0 Å². The number of rotatable bonds is 13. The van der Waals surface area contributed by atoms with Crippen LogP contribution in [-0.4, -0.2) is 75.8 Å². The Morgan fingerprint density at radius 3 is 2.16 bits per heavy atom. The first-order valence-corrected chi connectivity index (χ1v) is 15.5. The number of carbonyl (C=O) groups is 2. The Morgan fingerprint density at radius 2 is 1.49 bits per heavy atom. The van der Waals surface area contributed by atoms with Crippen LogP contribution in [0.3, 0.4) is 0 Å². The van der Waals surface area contributed by atoms with Crippen LogP contribution in [0, 0.1) is 0 Å². The van der Waals surface area contributed by atoms with Gasteiger partial charge < -0.3 is 24.8 Å². The highest BCUT2D eigenvalue weighted by Gasteiger charge is 2.34. The maximum absolute atomic E-state index is 12.2. The average Bonchev–Trinajstić information content (AvgIpc) is 3.10. The van der Waals surface area contributed by atoms with E-state index in [0.717, 1.165) is 60.9 Å². The summed E-state index contributed by atoms with van der Waals surface area (Å²) >= 11 is 0. The van der Waals surface area contributed by atoms with E-state index in [1.807, 2.05) is 54.6 Å². The third-order valence-electron chi connectivity index (χ3n) is 8.21. The van der Waals surface area contributed by atoms with Gasteiger partial charge in [0, 0.05) is 76.5 Å². The molecule has 2 aliphatic rings. The van der Waals surface area contributed by atoms with Gasteiger partial charge in [-0.15, -0.1) is 0 Å². The Balaban J connectivity index is 1.18. The maximum atomic E-state index is 12.2. The Kier molecular flexibility index (Phi) is 11.8. The molecule has 0 spiro atoms. The van der Waals surface area contributed by atoms with Gasteiger partial charge in [0.05, 0.1) is 18.8 Å². The monoisotopic (exact) mass is 618 g/mol. The number of hydrogen-bond donors (Lipinski definition) is 4. The van der Waals surface area contributed by atoms with Gasteiger partial charge in [-0.2, -0.15) is 0 Å². The normalized spacial score (nSPS) is 20.5. The highest BCUT2D eigenvalue weighted by molar-refractivity contribution is 5.76. The predicted octanol–water partition coefficient (Wildman–Crippen LogP) is 3.02. The van der Waals surface area contributed by atoms with Crippen molar-refractivity contribution in [3.63, 3.8) is 0 Å². The van der Waals surface area contributed by atoms with Crippen molar-refractivity contribution < 1.29 is 29.4 Å². The van der Waals surface area contributed by atoms with Gasteiger partial charge in [0.2, 0.25) is 17.8 Å². The molecule has 2 fully saturated rings. The molecule has 3 unspecified atom stereocenters. The molecule has 0 bridgehead atoms. The molecule has 3 atom stereocenters. The molecule has 2 aliphatic heterocycles. The van der Waals surface area contributed by atoms with Gasteiger partial charge >= 0.3 is 0 Å². The second kappa shape index (κ2) is 16.4. The third kappa shape index (κ3) is 9.52. The average molecular weight is 619 g/mol. The largest absolute Gasteiger partial charge is 0.392 e. The van der Waals surface area contributed by atoms with E-state index in [-0.39, 0.29) is 31.1 Å². The van der Waals surface area contributed by atoms with Gasteiger partial charge in [-0.25, -0.2) is 15.4 Å². The van der Waals surface area contributed by atoms with E-state index >= 15 is 0 Å². The quantitative estimate of drug-likeness (QED) is 0.128. The SMILES string of the molecule is O=C(CCCCC(=O)NCc1ccc(C2OC(CN3CCN(c4ncccn4)CC3)CC(c3ccc(CO)cc3)O2)cc1)NO. The summed E-state index contributed by atoms with van der Waals surface area (Å²) in [7, 11) is 0. The number of unbranched alkanes of at least 4 members (excludes halogenated alkanes) is 1. The standard InChI is InChI=1S/C33H42N6O6/c40-23-25-8-10-26(11-9-25)29-20-28(22-38-16-18-39(19-17-38)33-34-14-3-15-35-33)44-32(45-29)27-12-6-24(7-13-27)21-36-30(41)4-1-2-5-31(42)37-43/h3,6-15,28-29,32,40,43H,1-2,4-5,16-23H2,(H,36,41)(H,37,42). The minimum atomic E-state index is -0.551. The Hall–Kier alpha value is -3.94. The zero-order chi connectivity index (χ0) is 31.4. The number of ether oxygens (including phenoxy) is 2. The van der Waals surface area contributed by atoms with Gasteiger partial charge in [-0.05, 0) is 35.6 Å². The fourth-order valence-corrected chi connectivity index (χ4v) is 5.61. The molecule has 3 heterocycles. The topological polar surface area (TPSA) is 149 Å². The number of hydroxylamine groups is 1. The van der Waals surface area contributed by atoms with Crippen LogP contribution in [0.15, 0.2) is 67.0 Å². The molecule has 4 N–H and O–H groups in total. The van der Waals surface area contributed by atoms with Crippen LogP contribution in [-0.2, 0) is 32.2 Å². The van der Waals surface area contributed by atoms with Crippen LogP contribution in [0.5, 0.6) is 0 Å². The lowest BCUT2D eigenvalue weighted by Crippen LogP contribution is -2.50. The number of aliphatic hydroxyl groups excluding tert-OH is 1. The smallest absolute Gasteiger partial charge is 0.243 e. The van der Waals surface area contributed by atoms with Crippen LogP contribution in [0.1, 0.15) is 66.8 Å². The first-order chi connectivity index (χ1) is 22.0. The number of anilines is 1. The highest BCUT2D eigenvalue weighted by atomic mass is 16.7. The molecule has 2 saturated heterocycles. The second-order valence-corrected chi connectivity index (χ2v) is 11.4. The lowest BCUT2D eigenvalue weighted by atomic mass is 9.99. The fraction of sp³-hybridized carbons (Fsp3) is 0.455. The van der Waals surface area contributed by atoms with Gasteiger partial charge in [-0.1, -0.05) is 48.5 Å². The molecule has 12 heteroatoms. The number of benzene rings is 2. The van der Waals surface area contributed by atoms with E-state index in [2.05, 4.69) is 25.1 Å². The maximum Gasteiger partial charge on any atom is 0.243 e. The molecule has 2 amide bonds. The van der Waals surface area contributed by atoms with E-state index in [1.165, 1.54) is 0 Å². The van der Waals surface area contributed by atoms with Crippen LogP contribution >= 0.6 is 0 Å². The van der Waals surface area contributed by atoms with Crippen molar-refractivity contribution in [3.8, 4) is 0 Å². The third-order valence-corrected chi connectivity index (χ3v) is 8.21. The Labute approximate surface area is 263 Å². The van der Waals surface area contributed by atoms with Crippen LogP contribution in [0.25, 0.3) is 0 Å². The van der Waals surface area contributed by atoms with Crippen LogP contribution < -0.4 is 15.7 Å². The van der Waals surface area contributed by atoms with E-state index < -0.39 is 12.2 Å². The predicted molar refractivity (Wildman–Crippen MR) is 166 cm³/mol. The molecule has 3 aromatic rings. The summed E-state index contributed by atoms with van der Waals surface area (Å²) in [5, 5.41) is 21.0. The molecule has 2 aromatic carbocycles. The number of piperazine rings is 1. The van der Waals surface area contributed by atoms with E-state index in [4.69, 9.17) is 14.7 Å². The Bertz CT molecular complexity index is 1350. The molecule has 240 valence electrons. The summed E-state index contributed by atoms with van der Waals surface area (Å²) in [6, 6.07) is 17.6. The van der Waals surface area contributed by atoms with Gasteiger partial charge in [-0.3, -0.25) is 19.7 Å². The molecule has 12 nitrogen and oxygen atoms in total. The zero-order valence-corrected chi connectivity index (χ0v) is 25.4. The molecule has 1 aromatic heterocycles. The van der Waals surface area contributed by atoms with Crippen molar-refractivity contribution in [2.24, 2.45) is 0 Å². The summed E-state index contributed by atoms with van der Waals surface area (Å²) in [5.74, 6) is 0.229. The van der Waals surface area contributed by atoms with Crippen molar-refractivity contribution in [3.05, 3.63) is 89.2 Å². The van der Waals surface area contributed by atoms with E-state index in [0.29, 0.717) is 32.2 Å². The Morgan fingerprint density at radius 1 is 0.844 bits per heavy atom. The molecule has 45 heavy (non-hydrogen) atoms. The van der Waals surface area contributed by atoms with Gasteiger partial charge in [0.1, 0.15) is 0 Å². The van der Waals surface area contributed by atoms with Gasteiger partial charge in [0.15, 0.2) is 6.29 Å².